The normalized spacial score (nSPS) is 12.0. The summed E-state index contributed by atoms with van der Waals surface area (Å²) in [5.41, 5.74) is 0. The van der Waals surface area contributed by atoms with Gasteiger partial charge in [-0.05, 0) is 31.9 Å². The predicted molar refractivity (Wildman–Crippen MR) is 106 cm³/mol. The van der Waals surface area contributed by atoms with E-state index in [9.17, 15) is 5.11 Å². The summed E-state index contributed by atoms with van der Waals surface area (Å²) in [6.45, 7) is 6.27. The van der Waals surface area contributed by atoms with E-state index in [2.05, 4.69) is 31.9 Å². The number of rotatable bonds is 22. The van der Waals surface area contributed by atoms with Gasteiger partial charge in [-0.25, -0.2) is 0 Å². The fourth-order valence-electron chi connectivity index (χ4n) is 1.58. The van der Waals surface area contributed by atoms with Crippen LogP contribution in [0.3, 0.4) is 0 Å². The van der Waals surface area contributed by atoms with Gasteiger partial charge in [0.05, 0.1) is 99.1 Å². The van der Waals surface area contributed by atoms with Crippen molar-refractivity contribution in [2.75, 3.05) is 99.1 Å². The molecule has 0 atom stereocenters. The third-order valence-corrected chi connectivity index (χ3v) is 3.20. The molecule has 0 aromatic heterocycles. The first-order valence-corrected chi connectivity index (χ1v) is 10.4. The Kier molecular flexibility index (Phi) is 21.8. The van der Waals surface area contributed by atoms with Crippen molar-refractivity contribution in [2.24, 2.45) is 0 Å². The molecule has 11 heteroatoms. The standard InChI is InChI=1S/C16H32Br2O9/c17-16(18,20)15-27-14-13-26-12-11-25-10-9-24-8-7-23-6-5-22-4-3-21-2-1-19/h19-20H,1-15H2. The van der Waals surface area contributed by atoms with Gasteiger partial charge in [-0.15, -0.1) is 0 Å². The van der Waals surface area contributed by atoms with Gasteiger partial charge in [0, 0.05) is 0 Å². The summed E-state index contributed by atoms with van der Waals surface area (Å²) in [5, 5.41) is 17.8. The van der Waals surface area contributed by atoms with Crippen LogP contribution in [0.4, 0.5) is 0 Å². The van der Waals surface area contributed by atoms with Crippen molar-refractivity contribution < 1.29 is 43.4 Å². The molecule has 0 spiro atoms. The zero-order valence-corrected chi connectivity index (χ0v) is 18.8. The highest BCUT2D eigenvalue weighted by molar-refractivity contribution is 9.25. The molecule has 0 aliphatic rings. The molecular formula is C16H32Br2O9. The Bertz CT molecular complexity index is 294. The maximum absolute atomic E-state index is 9.29. The van der Waals surface area contributed by atoms with Crippen LogP contribution < -0.4 is 0 Å². The third kappa shape index (κ3) is 26.6. The van der Waals surface area contributed by atoms with Crippen LogP contribution in [0.1, 0.15) is 0 Å². The highest BCUT2D eigenvalue weighted by Gasteiger charge is 2.16. The lowest BCUT2D eigenvalue weighted by molar-refractivity contribution is -0.0234. The topological polar surface area (TPSA) is 105 Å². The number of ether oxygens (including phenoxy) is 7. The second-order valence-electron chi connectivity index (χ2n) is 5.12. The maximum atomic E-state index is 9.29. The van der Waals surface area contributed by atoms with Crippen molar-refractivity contribution >= 4 is 31.9 Å². The molecular weight excluding hydrogens is 496 g/mol. The molecule has 164 valence electrons. The summed E-state index contributed by atoms with van der Waals surface area (Å²) in [7, 11) is 0. The molecule has 0 bridgehead atoms. The minimum absolute atomic E-state index is 0.0274. The van der Waals surface area contributed by atoms with Gasteiger partial charge in [0.15, 0.2) is 3.42 Å². The lowest BCUT2D eigenvalue weighted by Gasteiger charge is -2.13. The highest BCUT2D eigenvalue weighted by Crippen LogP contribution is 2.21. The molecule has 0 saturated heterocycles. The van der Waals surface area contributed by atoms with Crippen LogP contribution in [-0.2, 0) is 33.2 Å². The molecule has 0 aromatic carbocycles. The molecule has 0 unspecified atom stereocenters. The fraction of sp³-hybridized carbons (Fsp3) is 1.00. The number of aliphatic hydroxyl groups excluding tert-OH is 1. The number of hydrogen-bond donors (Lipinski definition) is 2. The van der Waals surface area contributed by atoms with Gasteiger partial charge in [-0.2, -0.15) is 0 Å². The molecule has 0 aliphatic heterocycles. The Balaban J connectivity index is 3.01. The Hall–Kier alpha value is 0.600. The van der Waals surface area contributed by atoms with E-state index >= 15 is 0 Å². The van der Waals surface area contributed by atoms with Gasteiger partial charge >= 0.3 is 0 Å². The Morgan fingerprint density at radius 1 is 0.481 bits per heavy atom. The maximum Gasteiger partial charge on any atom is 0.198 e. The summed E-state index contributed by atoms with van der Waals surface area (Å²) in [5.74, 6) is 0. The second kappa shape index (κ2) is 21.3. The first-order chi connectivity index (χ1) is 13.1. The van der Waals surface area contributed by atoms with Crippen molar-refractivity contribution in [3.63, 3.8) is 0 Å². The molecule has 0 heterocycles. The highest BCUT2D eigenvalue weighted by atomic mass is 79.9. The van der Waals surface area contributed by atoms with Crippen molar-refractivity contribution in [1.29, 1.82) is 0 Å². The predicted octanol–water partition coefficient (Wildman–Crippen LogP) is 0.531. The van der Waals surface area contributed by atoms with E-state index in [1.807, 2.05) is 0 Å². The molecule has 0 aliphatic carbocycles. The van der Waals surface area contributed by atoms with Gasteiger partial charge in [0.2, 0.25) is 0 Å². The summed E-state index contributed by atoms with van der Waals surface area (Å²) in [4.78, 5) is 0. The summed E-state index contributed by atoms with van der Waals surface area (Å²) in [6.07, 6.45) is 0. The first-order valence-electron chi connectivity index (χ1n) is 8.81. The van der Waals surface area contributed by atoms with E-state index in [0.29, 0.717) is 85.9 Å². The molecule has 2 N–H and O–H groups in total. The molecule has 0 amide bonds. The molecule has 0 aromatic rings. The summed E-state index contributed by atoms with van der Waals surface area (Å²) >= 11 is 5.97. The third-order valence-electron chi connectivity index (χ3n) is 2.74. The average Bonchev–Trinajstić information content (AvgIpc) is 2.62. The summed E-state index contributed by atoms with van der Waals surface area (Å²) in [6, 6.07) is 0. The average molecular weight is 528 g/mol. The molecule has 0 saturated carbocycles. The smallest absolute Gasteiger partial charge is 0.198 e. The van der Waals surface area contributed by atoms with Gasteiger partial charge in [-0.3, -0.25) is 0 Å². The SMILES string of the molecule is OCCOCCOCCOCCOCCOCCOCCOCC(O)(Br)Br. The number of hydrogen-bond acceptors (Lipinski definition) is 9. The zero-order valence-electron chi connectivity index (χ0n) is 15.6. The summed E-state index contributed by atoms with van der Waals surface area (Å²) < 4.78 is 35.7. The monoisotopic (exact) mass is 526 g/mol. The number of alkyl halides is 2. The van der Waals surface area contributed by atoms with Crippen molar-refractivity contribution in [3.8, 4) is 0 Å². The fourth-order valence-corrected chi connectivity index (χ4v) is 1.90. The second-order valence-corrected chi connectivity index (χ2v) is 8.80. The molecule has 0 rings (SSSR count). The van der Waals surface area contributed by atoms with Gasteiger partial charge in [-0.1, -0.05) is 0 Å². The Morgan fingerprint density at radius 2 is 0.741 bits per heavy atom. The zero-order chi connectivity index (χ0) is 20.1. The minimum atomic E-state index is -1.18. The van der Waals surface area contributed by atoms with Crippen LogP contribution in [-0.4, -0.2) is 113 Å². The minimum Gasteiger partial charge on any atom is -0.394 e. The first kappa shape index (κ1) is 27.6. The van der Waals surface area contributed by atoms with Crippen molar-refractivity contribution in [3.05, 3.63) is 0 Å². The molecule has 27 heavy (non-hydrogen) atoms. The van der Waals surface area contributed by atoms with Crippen LogP contribution in [0.2, 0.25) is 0 Å². The van der Waals surface area contributed by atoms with E-state index in [0.717, 1.165) is 0 Å². The van der Waals surface area contributed by atoms with Crippen LogP contribution >= 0.6 is 31.9 Å². The van der Waals surface area contributed by atoms with Crippen LogP contribution in [0.25, 0.3) is 0 Å². The van der Waals surface area contributed by atoms with Crippen molar-refractivity contribution in [1.82, 2.24) is 0 Å². The Labute approximate surface area is 177 Å². The number of aliphatic hydroxyl groups is 2. The quantitative estimate of drug-likeness (QED) is 0.154. The molecule has 0 radical (unpaired) electrons. The van der Waals surface area contributed by atoms with Crippen molar-refractivity contribution in [2.45, 2.75) is 3.42 Å². The van der Waals surface area contributed by atoms with Crippen LogP contribution in [0, 0.1) is 0 Å². The van der Waals surface area contributed by atoms with Gasteiger partial charge in [0.1, 0.15) is 0 Å². The lowest BCUT2D eigenvalue weighted by Crippen LogP contribution is -2.20. The van der Waals surface area contributed by atoms with Gasteiger partial charge in [0.25, 0.3) is 0 Å². The lowest BCUT2D eigenvalue weighted by atomic mass is 10.6. The molecule has 0 fully saturated rings. The largest absolute Gasteiger partial charge is 0.394 e. The molecule has 9 nitrogen and oxygen atoms in total. The number of halogens is 2. The van der Waals surface area contributed by atoms with Gasteiger partial charge < -0.3 is 43.4 Å². The van der Waals surface area contributed by atoms with Crippen LogP contribution in [0.15, 0.2) is 0 Å². The van der Waals surface area contributed by atoms with E-state index in [1.165, 1.54) is 0 Å². The van der Waals surface area contributed by atoms with E-state index < -0.39 is 3.42 Å². The van der Waals surface area contributed by atoms with E-state index in [4.69, 9.17) is 38.3 Å². The van der Waals surface area contributed by atoms with E-state index in [1.54, 1.807) is 0 Å². The Morgan fingerprint density at radius 3 is 1.00 bits per heavy atom. The van der Waals surface area contributed by atoms with E-state index in [-0.39, 0.29) is 13.2 Å². The van der Waals surface area contributed by atoms with Crippen LogP contribution in [0.5, 0.6) is 0 Å².